The number of hydrazine groups is 1. The SMILES string of the molecule is COc1cc(C(=O)NNC(=O)c2ccc3[nH]c4c(c3c2)CC(C)CC4)cc(OC)c1OC. The Balaban J connectivity index is 1.51. The summed E-state index contributed by atoms with van der Waals surface area (Å²) in [6.45, 7) is 2.25. The van der Waals surface area contributed by atoms with Crippen molar-refractivity contribution in [3.05, 3.63) is 52.7 Å². The Morgan fingerprint density at radius 2 is 1.59 bits per heavy atom. The lowest BCUT2D eigenvalue weighted by atomic mass is 9.87. The number of fused-ring (bicyclic) bond motifs is 3. The Labute approximate surface area is 186 Å². The maximum absolute atomic E-state index is 12.7. The third-order valence-electron chi connectivity index (χ3n) is 5.91. The number of amides is 2. The molecule has 168 valence electrons. The first kappa shape index (κ1) is 21.5. The molecule has 1 atom stereocenters. The van der Waals surface area contributed by atoms with Crippen molar-refractivity contribution in [2.75, 3.05) is 21.3 Å². The molecule has 4 rings (SSSR count). The van der Waals surface area contributed by atoms with Crippen LogP contribution < -0.4 is 25.1 Å². The number of aryl methyl sites for hydroxylation is 1. The topological polar surface area (TPSA) is 102 Å². The standard InChI is InChI=1S/C24H27N3O5/c1-13-5-7-18-16(9-13)17-10-14(6-8-19(17)25-18)23(28)26-27-24(29)15-11-20(30-2)22(32-4)21(12-15)31-3/h6,8,10-13,25H,5,7,9H2,1-4H3,(H,26,28)(H,27,29). The molecule has 2 amide bonds. The fourth-order valence-electron chi connectivity index (χ4n) is 4.20. The van der Waals surface area contributed by atoms with Crippen molar-refractivity contribution in [3.63, 3.8) is 0 Å². The number of H-pyrrole nitrogens is 1. The van der Waals surface area contributed by atoms with Crippen LogP contribution in [0.4, 0.5) is 0 Å². The minimum absolute atomic E-state index is 0.254. The van der Waals surface area contributed by atoms with Gasteiger partial charge in [0.1, 0.15) is 0 Å². The number of aromatic nitrogens is 1. The maximum Gasteiger partial charge on any atom is 0.269 e. The molecule has 0 bridgehead atoms. The molecule has 1 aliphatic rings. The van der Waals surface area contributed by atoms with E-state index in [-0.39, 0.29) is 5.56 Å². The summed E-state index contributed by atoms with van der Waals surface area (Å²) in [5.41, 5.74) is 9.24. The van der Waals surface area contributed by atoms with Gasteiger partial charge in [0.05, 0.1) is 21.3 Å². The lowest BCUT2D eigenvalue weighted by molar-refractivity contribution is 0.0846. The third-order valence-corrected chi connectivity index (χ3v) is 5.91. The van der Waals surface area contributed by atoms with Crippen LogP contribution in [0.25, 0.3) is 10.9 Å². The molecule has 1 aromatic heterocycles. The summed E-state index contributed by atoms with van der Waals surface area (Å²) in [5.74, 6) is 0.795. The number of ether oxygens (including phenoxy) is 3. The summed E-state index contributed by atoms with van der Waals surface area (Å²) >= 11 is 0. The van der Waals surface area contributed by atoms with E-state index >= 15 is 0 Å². The average molecular weight is 437 g/mol. The molecule has 3 N–H and O–H groups in total. The lowest BCUT2D eigenvalue weighted by Crippen LogP contribution is -2.41. The Morgan fingerprint density at radius 1 is 0.938 bits per heavy atom. The molecule has 32 heavy (non-hydrogen) atoms. The van der Waals surface area contributed by atoms with Gasteiger partial charge in [0.25, 0.3) is 11.8 Å². The van der Waals surface area contributed by atoms with Crippen molar-refractivity contribution in [3.8, 4) is 17.2 Å². The maximum atomic E-state index is 12.7. The first-order valence-corrected chi connectivity index (χ1v) is 10.5. The molecule has 1 heterocycles. The second kappa shape index (κ2) is 8.82. The molecule has 0 saturated heterocycles. The summed E-state index contributed by atoms with van der Waals surface area (Å²) in [4.78, 5) is 28.8. The van der Waals surface area contributed by atoms with Crippen molar-refractivity contribution >= 4 is 22.7 Å². The van der Waals surface area contributed by atoms with E-state index in [1.807, 2.05) is 12.1 Å². The highest BCUT2D eigenvalue weighted by Gasteiger charge is 2.21. The predicted molar refractivity (Wildman–Crippen MR) is 121 cm³/mol. The fourth-order valence-corrected chi connectivity index (χ4v) is 4.20. The normalized spacial score (nSPS) is 15.1. The summed E-state index contributed by atoms with van der Waals surface area (Å²) < 4.78 is 15.8. The Hall–Kier alpha value is -3.68. The molecular weight excluding hydrogens is 410 g/mol. The largest absolute Gasteiger partial charge is 0.493 e. The van der Waals surface area contributed by atoms with Gasteiger partial charge in [0.15, 0.2) is 11.5 Å². The van der Waals surface area contributed by atoms with Gasteiger partial charge in [-0.3, -0.25) is 20.4 Å². The number of methoxy groups -OCH3 is 3. The minimum Gasteiger partial charge on any atom is -0.493 e. The number of rotatable bonds is 5. The molecule has 0 spiro atoms. The number of hydrogen-bond donors (Lipinski definition) is 3. The fraction of sp³-hybridized carbons (Fsp3) is 0.333. The van der Waals surface area contributed by atoms with Gasteiger partial charge in [-0.2, -0.15) is 0 Å². The van der Waals surface area contributed by atoms with E-state index in [1.165, 1.54) is 51.1 Å². The molecule has 8 heteroatoms. The molecular formula is C24H27N3O5. The van der Waals surface area contributed by atoms with Crippen LogP contribution in [0, 0.1) is 5.92 Å². The highest BCUT2D eigenvalue weighted by atomic mass is 16.5. The Morgan fingerprint density at radius 3 is 2.22 bits per heavy atom. The number of carbonyl (C=O) groups excluding carboxylic acids is 2. The van der Waals surface area contributed by atoms with E-state index in [1.54, 1.807) is 6.07 Å². The van der Waals surface area contributed by atoms with Crippen LogP contribution in [-0.4, -0.2) is 38.1 Å². The van der Waals surface area contributed by atoms with Crippen LogP contribution in [0.15, 0.2) is 30.3 Å². The molecule has 0 fully saturated rings. The van der Waals surface area contributed by atoms with Crippen molar-refractivity contribution in [2.45, 2.75) is 26.2 Å². The lowest BCUT2D eigenvalue weighted by Gasteiger charge is -2.18. The molecule has 3 aromatic rings. The van der Waals surface area contributed by atoms with Crippen LogP contribution >= 0.6 is 0 Å². The smallest absolute Gasteiger partial charge is 0.269 e. The van der Waals surface area contributed by atoms with E-state index in [4.69, 9.17) is 14.2 Å². The van der Waals surface area contributed by atoms with Crippen LogP contribution in [0.3, 0.4) is 0 Å². The van der Waals surface area contributed by atoms with Crippen molar-refractivity contribution in [1.29, 1.82) is 0 Å². The number of nitrogens with one attached hydrogen (secondary N) is 3. The predicted octanol–water partition coefficient (Wildman–Crippen LogP) is 3.39. The van der Waals surface area contributed by atoms with E-state index in [2.05, 4.69) is 22.8 Å². The molecule has 1 unspecified atom stereocenters. The summed E-state index contributed by atoms with van der Waals surface area (Å²) in [7, 11) is 4.42. The third kappa shape index (κ3) is 3.95. The molecule has 8 nitrogen and oxygen atoms in total. The minimum atomic E-state index is -0.508. The van der Waals surface area contributed by atoms with Gasteiger partial charge in [0.2, 0.25) is 5.75 Å². The van der Waals surface area contributed by atoms with E-state index < -0.39 is 11.8 Å². The zero-order chi connectivity index (χ0) is 22.8. The van der Waals surface area contributed by atoms with Gasteiger partial charge in [-0.1, -0.05) is 6.92 Å². The number of aromatic amines is 1. The second-order valence-electron chi connectivity index (χ2n) is 8.01. The Bertz CT molecular complexity index is 1160. The summed E-state index contributed by atoms with van der Waals surface area (Å²) in [5, 5.41) is 1.06. The van der Waals surface area contributed by atoms with Crippen LogP contribution in [0.1, 0.15) is 45.3 Å². The van der Waals surface area contributed by atoms with Crippen molar-refractivity contribution in [2.24, 2.45) is 5.92 Å². The monoisotopic (exact) mass is 437 g/mol. The molecule has 0 radical (unpaired) electrons. The van der Waals surface area contributed by atoms with Crippen molar-refractivity contribution in [1.82, 2.24) is 15.8 Å². The van der Waals surface area contributed by atoms with E-state index in [0.717, 1.165) is 23.7 Å². The van der Waals surface area contributed by atoms with E-state index in [0.29, 0.717) is 28.7 Å². The van der Waals surface area contributed by atoms with Crippen molar-refractivity contribution < 1.29 is 23.8 Å². The van der Waals surface area contributed by atoms with Gasteiger partial charge in [-0.25, -0.2) is 0 Å². The first-order chi connectivity index (χ1) is 15.4. The van der Waals surface area contributed by atoms with Gasteiger partial charge >= 0.3 is 0 Å². The van der Waals surface area contributed by atoms with Crippen LogP contribution in [0.2, 0.25) is 0 Å². The molecule has 1 aliphatic carbocycles. The zero-order valence-electron chi connectivity index (χ0n) is 18.6. The quantitative estimate of drug-likeness (QED) is 0.531. The molecule has 2 aromatic carbocycles. The average Bonchev–Trinajstić information content (AvgIpc) is 3.18. The van der Waals surface area contributed by atoms with E-state index in [9.17, 15) is 9.59 Å². The first-order valence-electron chi connectivity index (χ1n) is 10.5. The molecule has 0 aliphatic heterocycles. The van der Waals surface area contributed by atoms with Crippen LogP contribution in [0.5, 0.6) is 17.2 Å². The summed E-state index contributed by atoms with van der Waals surface area (Å²) in [6.07, 6.45) is 3.19. The molecule has 0 saturated carbocycles. The van der Waals surface area contributed by atoms with Gasteiger partial charge in [-0.15, -0.1) is 0 Å². The highest BCUT2D eigenvalue weighted by Crippen LogP contribution is 2.38. The highest BCUT2D eigenvalue weighted by molar-refractivity contribution is 6.02. The number of hydrogen-bond acceptors (Lipinski definition) is 5. The number of carbonyl (C=O) groups is 2. The van der Waals surface area contributed by atoms with Gasteiger partial charge < -0.3 is 19.2 Å². The zero-order valence-corrected chi connectivity index (χ0v) is 18.6. The van der Waals surface area contributed by atoms with Gasteiger partial charge in [-0.05, 0) is 61.1 Å². The summed E-state index contributed by atoms with van der Waals surface area (Å²) in [6, 6.07) is 8.57. The number of benzene rings is 2. The van der Waals surface area contributed by atoms with Crippen LogP contribution in [-0.2, 0) is 12.8 Å². The second-order valence-corrected chi connectivity index (χ2v) is 8.01. The Kier molecular flexibility index (Phi) is 5.94. The van der Waals surface area contributed by atoms with Gasteiger partial charge in [0, 0.05) is 27.7 Å².